The Kier molecular flexibility index (Phi) is 6.23. The molecule has 0 unspecified atom stereocenters. The number of rotatable bonds is 8. The molecular formula is C15H29N3. The minimum Gasteiger partial charge on any atom is -0.370 e. The van der Waals surface area contributed by atoms with Crippen molar-refractivity contribution in [2.24, 2.45) is 5.92 Å². The number of nitrogens with one attached hydrogen (secondary N) is 1. The number of aromatic nitrogens is 2. The van der Waals surface area contributed by atoms with Crippen molar-refractivity contribution in [1.82, 2.24) is 9.78 Å². The largest absolute Gasteiger partial charge is 0.370 e. The highest BCUT2D eigenvalue weighted by atomic mass is 15.3. The lowest BCUT2D eigenvalue weighted by atomic mass is 10.1. The molecule has 3 nitrogen and oxygen atoms in total. The molecule has 0 aliphatic heterocycles. The van der Waals surface area contributed by atoms with Crippen molar-refractivity contribution < 1.29 is 0 Å². The van der Waals surface area contributed by atoms with Gasteiger partial charge >= 0.3 is 0 Å². The van der Waals surface area contributed by atoms with Crippen LogP contribution < -0.4 is 5.32 Å². The van der Waals surface area contributed by atoms with E-state index < -0.39 is 0 Å². The second-order valence-electron chi connectivity index (χ2n) is 5.46. The fraction of sp³-hybridized carbons (Fsp3) is 0.800. The van der Waals surface area contributed by atoms with E-state index in [9.17, 15) is 0 Å². The van der Waals surface area contributed by atoms with Gasteiger partial charge in [-0.2, -0.15) is 5.10 Å². The lowest BCUT2D eigenvalue weighted by Gasteiger charge is -2.17. The van der Waals surface area contributed by atoms with Gasteiger partial charge in [0, 0.05) is 12.6 Å². The van der Waals surface area contributed by atoms with Crippen molar-refractivity contribution in [3.63, 3.8) is 0 Å². The van der Waals surface area contributed by atoms with E-state index in [-0.39, 0.29) is 0 Å². The number of anilines is 1. The topological polar surface area (TPSA) is 29.9 Å². The summed E-state index contributed by atoms with van der Waals surface area (Å²) >= 11 is 0. The zero-order valence-electron chi connectivity index (χ0n) is 12.7. The van der Waals surface area contributed by atoms with Crippen LogP contribution in [0.15, 0.2) is 6.07 Å². The predicted octanol–water partition coefficient (Wildman–Crippen LogP) is 4.26. The Morgan fingerprint density at radius 1 is 1.22 bits per heavy atom. The van der Waals surface area contributed by atoms with E-state index in [4.69, 9.17) is 5.10 Å². The molecule has 1 heterocycles. The van der Waals surface area contributed by atoms with Crippen molar-refractivity contribution in [2.45, 2.75) is 66.3 Å². The van der Waals surface area contributed by atoms with Gasteiger partial charge in [0.15, 0.2) is 0 Å². The Balaban J connectivity index is 2.92. The molecule has 0 fully saturated rings. The molecule has 18 heavy (non-hydrogen) atoms. The quantitative estimate of drug-likeness (QED) is 0.748. The van der Waals surface area contributed by atoms with Gasteiger partial charge in [-0.3, -0.25) is 0 Å². The maximum Gasteiger partial charge on any atom is 0.124 e. The molecule has 104 valence electrons. The van der Waals surface area contributed by atoms with E-state index in [1.807, 2.05) is 0 Å². The van der Waals surface area contributed by atoms with E-state index in [2.05, 4.69) is 50.7 Å². The van der Waals surface area contributed by atoms with E-state index in [0.717, 1.165) is 32.2 Å². The number of nitrogens with zero attached hydrogens (tertiary/aromatic N) is 2. The van der Waals surface area contributed by atoms with E-state index in [1.54, 1.807) is 0 Å². The molecule has 0 aliphatic rings. The number of hydrogen-bond donors (Lipinski definition) is 1. The summed E-state index contributed by atoms with van der Waals surface area (Å²) in [5.74, 6) is 1.86. The zero-order chi connectivity index (χ0) is 13.5. The summed E-state index contributed by atoms with van der Waals surface area (Å²) in [7, 11) is 0. The maximum absolute atomic E-state index is 4.80. The second kappa shape index (κ2) is 7.45. The first-order chi connectivity index (χ1) is 8.62. The van der Waals surface area contributed by atoms with Crippen LogP contribution in [0, 0.1) is 5.92 Å². The minimum atomic E-state index is 0.519. The van der Waals surface area contributed by atoms with Gasteiger partial charge in [0.25, 0.3) is 0 Å². The van der Waals surface area contributed by atoms with Gasteiger partial charge in [0.2, 0.25) is 0 Å². The van der Waals surface area contributed by atoms with Crippen molar-refractivity contribution in [2.75, 3.05) is 11.9 Å². The van der Waals surface area contributed by atoms with Gasteiger partial charge in [-0.25, -0.2) is 4.68 Å². The van der Waals surface area contributed by atoms with Gasteiger partial charge in [-0.15, -0.1) is 0 Å². The van der Waals surface area contributed by atoms with Gasteiger partial charge in [0.05, 0.1) is 11.7 Å². The highest BCUT2D eigenvalue weighted by Crippen LogP contribution is 2.23. The second-order valence-corrected chi connectivity index (χ2v) is 5.46. The van der Waals surface area contributed by atoms with Gasteiger partial charge < -0.3 is 5.32 Å². The molecule has 1 rings (SSSR count). The first-order valence-corrected chi connectivity index (χ1v) is 7.44. The molecule has 0 spiro atoms. The average Bonchev–Trinajstić information content (AvgIpc) is 2.70. The summed E-state index contributed by atoms with van der Waals surface area (Å²) in [6.45, 7) is 12.2. The normalized spacial score (nSPS) is 11.5. The smallest absolute Gasteiger partial charge is 0.124 e. The lowest BCUT2D eigenvalue weighted by Crippen LogP contribution is -2.14. The third-order valence-electron chi connectivity index (χ3n) is 3.25. The SMILES string of the molecule is CCCNc1cc(CC(C)C)nn1C(CC)CC. The Labute approximate surface area is 112 Å². The summed E-state index contributed by atoms with van der Waals surface area (Å²) in [4.78, 5) is 0. The Morgan fingerprint density at radius 2 is 1.89 bits per heavy atom. The molecule has 0 amide bonds. The van der Waals surface area contributed by atoms with Crippen LogP contribution in [0.1, 0.15) is 65.6 Å². The molecule has 1 N–H and O–H groups in total. The van der Waals surface area contributed by atoms with Crippen molar-refractivity contribution in [3.8, 4) is 0 Å². The summed E-state index contributed by atoms with van der Waals surface area (Å²) < 4.78 is 2.20. The molecule has 0 radical (unpaired) electrons. The monoisotopic (exact) mass is 251 g/mol. The molecule has 3 heteroatoms. The molecule has 0 saturated carbocycles. The number of hydrogen-bond acceptors (Lipinski definition) is 2. The highest BCUT2D eigenvalue weighted by Gasteiger charge is 2.14. The van der Waals surface area contributed by atoms with Crippen LogP contribution >= 0.6 is 0 Å². The fourth-order valence-corrected chi connectivity index (χ4v) is 2.26. The van der Waals surface area contributed by atoms with Crippen LogP contribution in [0.2, 0.25) is 0 Å². The predicted molar refractivity (Wildman–Crippen MR) is 79.2 cm³/mol. The molecule has 0 atom stereocenters. The van der Waals surface area contributed by atoms with Crippen LogP contribution in [0.25, 0.3) is 0 Å². The van der Waals surface area contributed by atoms with Crippen LogP contribution in [0.5, 0.6) is 0 Å². The minimum absolute atomic E-state index is 0.519. The molecule has 1 aromatic rings. The Bertz CT molecular complexity index is 338. The summed E-state index contributed by atoms with van der Waals surface area (Å²) in [5, 5.41) is 8.31. The molecule has 0 saturated heterocycles. The van der Waals surface area contributed by atoms with Crippen LogP contribution in [-0.2, 0) is 6.42 Å². The third-order valence-corrected chi connectivity index (χ3v) is 3.25. The molecule has 0 aliphatic carbocycles. The molecule has 0 bridgehead atoms. The van der Waals surface area contributed by atoms with E-state index in [1.165, 1.54) is 11.5 Å². The van der Waals surface area contributed by atoms with Crippen LogP contribution in [0.4, 0.5) is 5.82 Å². The van der Waals surface area contributed by atoms with Crippen molar-refractivity contribution >= 4 is 5.82 Å². The third kappa shape index (κ3) is 4.04. The molecule has 1 aromatic heterocycles. The Morgan fingerprint density at radius 3 is 2.39 bits per heavy atom. The standard InChI is InChI=1S/C15H29N3/c1-6-9-16-15-11-13(10-12(4)5)17-18(15)14(7-2)8-3/h11-12,14,16H,6-10H2,1-5H3. The van der Waals surface area contributed by atoms with Crippen LogP contribution in [0.3, 0.4) is 0 Å². The molecule has 0 aromatic carbocycles. The van der Waals surface area contributed by atoms with Gasteiger partial charge in [0.1, 0.15) is 5.82 Å². The van der Waals surface area contributed by atoms with Gasteiger partial charge in [-0.1, -0.05) is 34.6 Å². The maximum atomic E-state index is 4.80. The summed E-state index contributed by atoms with van der Waals surface area (Å²) in [6, 6.07) is 2.75. The lowest BCUT2D eigenvalue weighted by molar-refractivity contribution is 0.427. The Hall–Kier alpha value is -0.990. The van der Waals surface area contributed by atoms with Gasteiger partial charge in [-0.05, 0) is 31.6 Å². The first kappa shape index (κ1) is 15.1. The summed E-state index contributed by atoms with van der Waals surface area (Å²) in [6.07, 6.45) is 4.49. The van der Waals surface area contributed by atoms with Crippen molar-refractivity contribution in [3.05, 3.63) is 11.8 Å². The van der Waals surface area contributed by atoms with Crippen LogP contribution in [-0.4, -0.2) is 16.3 Å². The van der Waals surface area contributed by atoms with E-state index in [0.29, 0.717) is 12.0 Å². The fourth-order valence-electron chi connectivity index (χ4n) is 2.26. The first-order valence-electron chi connectivity index (χ1n) is 7.44. The average molecular weight is 251 g/mol. The summed E-state index contributed by atoms with van der Waals surface area (Å²) in [5.41, 5.74) is 1.22. The highest BCUT2D eigenvalue weighted by molar-refractivity contribution is 5.37. The zero-order valence-corrected chi connectivity index (χ0v) is 12.7. The van der Waals surface area contributed by atoms with Crippen molar-refractivity contribution in [1.29, 1.82) is 0 Å². The molecular weight excluding hydrogens is 222 g/mol. The van der Waals surface area contributed by atoms with E-state index >= 15 is 0 Å².